The summed E-state index contributed by atoms with van der Waals surface area (Å²) in [4.78, 5) is 0. The lowest BCUT2D eigenvalue weighted by molar-refractivity contribution is 0.424. The van der Waals surface area contributed by atoms with Crippen LogP contribution in [0.5, 0.6) is 11.5 Å². The monoisotopic (exact) mass is 438 g/mol. The maximum absolute atomic E-state index is 10.5. The minimum Gasteiger partial charge on any atom is -0.507 e. The molecule has 32 heavy (non-hydrogen) atoms. The Bertz CT molecular complexity index is 830. The van der Waals surface area contributed by atoms with E-state index in [4.69, 9.17) is 0 Å². The molecule has 2 aromatic carbocycles. The number of aromatic hydroxyl groups is 2. The molecule has 0 amide bonds. The Balaban J connectivity index is 1.91. The van der Waals surface area contributed by atoms with Crippen molar-refractivity contribution < 1.29 is 10.2 Å². The summed E-state index contributed by atoms with van der Waals surface area (Å²) in [7, 11) is 0. The van der Waals surface area contributed by atoms with E-state index >= 15 is 0 Å². The Morgan fingerprint density at radius 2 is 0.938 bits per heavy atom. The molecule has 0 aromatic heterocycles. The molecule has 0 radical (unpaired) electrons. The zero-order valence-electron chi connectivity index (χ0n) is 21.9. The highest BCUT2D eigenvalue weighted by atomic mass is 16.3. The molecule has 0 saturated heterocycles. The summed E-state index contributed by atoms with van der Waals surface area (Å²) in [6.45, 7) is 17.2. The summed E-state index contributed by atoms with van der Waals surface area (Å²) in [6, 6.07) is 8.76. The van der Waals surface area contributed by atoms with E-state index in [1.165, 1.54) is 36.8 Å². The second kappa shape index (κ2) is 10.8. The van der Waals surface area contributed by atoms with E-state index in [1.54, 1.807) is 0 Å². The number of hydrogen-bond acceptors (Lipinski definition) is 2. The van der Waals surface area contributed by atoms with Crippen molar-refractivity contribution in [3.63, 3.8) is 0 Å². The van der Waals surface area contributed by atoms with Gasteiger partial charge < -0.3 is 10.2 Å². The molecule has 2 nitrogen and oxygen atoms in total. The molecule has 0 aliphatic carbocycles. The Labute approximate surface area is 197 Å². The predicted molar refractivity (Wildman–Crippen MR) is 138 cm³/mol. The highest BCUT2D eigenvalue weighted by molar-refractivity contribution is 5.47. The Hall–Kier alpha value is -1.96. The predicted octanol–water partition coefficient (Wildman–Crippen LogP) is 8.44. The molecule has 0 spiro atoms. The van der Waals surface area contributed by atoms with E-state index in [0.29, 0.717) is 11.5 Å². The molecule has 0 saturated carbocycles. The van der Waals surface area contributed by atoms with Gasteiger partial charge in [-0.3, -0.25) is 0 Å². The molecule has 0 aliphatic rings. The smallest absolute Gasteiger partial charge is 0.122 e. The van der Waals surface area contributed by atoms with Gasteiger partial charge in [-0.2, -0.15) is 0 Å². The van der Waals surface area contributed by atoms with Crippen LogP contribution in [0.15, 0.2) is 24.3 Å². The van der Waals surface area contributed by atoms with Gasteiger partial charge >= 0.3 is 0 Å². The Morgan fingerprint density at radius 3 is 1.25 bits per heavy atom. The van der Waals surface area contributed by atoms with E-state index in [-0.39, 0.29) is 10.8 Å². The average molecular weight is 439 g/mol. The van der Waals surface area contributed by atoms with E-state index in [1.807, 2.05) is 13.8 Å². The van der Waals surface area contributed by atoms with Gasteiger partial charge in [0, 0.05) is 11.1 Å². The SMILES string of the molecule is CCC(C)(C)c1cc(CCCCCCc2cc(C)c(O)c(C(C)(C)CC)c2)cc(C)c1O. The third kappa shape index (κ3) is 6.30. The molecule has 2 rings (SSSR count). The minimum absolute atomic E-state index is 0.00169. The van der Waals surface area contributed by atoms with Crippen LogP contribution in [0.4, 0.5) is 0 Å². The first-order valence-electron chi connectivity index (χ1n) is 12.6. The zero-order valence-corrected chi connectivity index (χ0v) is 21.9. The summed E-state index contributed by atoms with van der Waals surface area (Å²) in [6.07, 6.45) is 8.96. The summed E-state index contributed by atoms with van der Waals surface area (Å²) in [5, 5.41) is 21.1. The lowest BCUT2D eigenvalue weighted by Gasteiger charge is -2.26. The Kier molecular flexibility index (Phi) is 8.85. The largest absolute Gasteiger partial charge is 0.507 e. The van der Waals surface area contributed by atoms with E-state index in [0.717, 1.165) is 47.9 Å². The highest BCUT2D eigenvalue weighted by Gasteiger charge is 2.24. The maximum Gasteiger partial charge on any atom is 0.122 e. The fourth-order valence-corrected chi connectivity index (χ4v) is 4.42. The van der Waals surface area contributed by atoms with Crippen molar-refractivity contribution in [3.8, 4) is 11.5 Å². The lowest BCUT2D eigenvalue weighted by atomic mass is 9.79. The van der Waals surface area contributed by atoms with Gasteiger partial charge in [0.1, 0.15) is 11.5 Å². The molecular formula is C30H46O2. The number of phenolic OH excluding ortho intramolecular Hbond substituents is 2. The highest BCUT2D eigenvalue weighted by Crippen LogP contribution is 2.38. The number of phenols is 2. The number of rotatable bonds is 11. The first-order chi connectivity index (χ1) is 14.9. The molecule has 0 fully saturated rings. The van der Waals surface area contributed by atoms with Crippen molar-refractivity contribution in [2.45, 2.75) is 118 Å². The van der Waals surface area contributed by atoms with Crippen molar-refractivity contribution in [3.05, 3.63) is 57.6 Å². The van der Waals surface area contributed by atoms with Gasteiger partial charge in [0.2, 0.25) is 0 Å². The lowest BCUT2D eigenvalue weighted by Crippen LogP contribution is -2.16. The van der Waals surface area contributed by atoms with Crippen LogP contribution in [0.3, 0.4) is 0 Å². The molecule has 0 heterocycles. The van der Waals surface area contributed by atoms with Gasteiger partial charge in [0.25, 0.3) is 0 Å². The standard InChI is InChI=1S/C30H46O2/c1-9-29(5,6)25-19-23(17-21(3)27(25)31)15-13-11-12-14-16-24-18-22(4)28(32)26(20-24)30(7,8)10-2/h17-20,31-32H,9-16H2,1-8H3. The molecule has 2 aromatic rings. The third-order valence-electron chi connectivity index (χ3n) is 7.63. The summed E-state index contributed by atoms with van der Waals surface area (Å²) in [5.74, 6) is 0.936. The van der Waals surface area contributed by atoms with Crippen molar-refractivity contribution in [2.24, 2.45) is 0 Å². The molecule has 2 heteroatoms. The van der Waals surface area contributed by atoms with Crippen molar-refractivity contribution in [2.75, 3.05) is 0 Å². The van der Waals surface area contributed by atoms with Gasteiger partial charge in [-0.25, -0.2) is 0 Å². The van der Waals surface area contributed by atoms with Crippen LogP contribution in [0.25, 0.3) is 0 Å². The Morgan fingerprint density at radius 1 is 0.594 bits per heavy atom. The number of aryl methyl sites for hydroxylation is 4. The number of benzene rings is 2. The topological polar surface area (TPSA) is 40.5 Å². The van der Waals surface area contributed by atoms with Gasteiger partial charge in [0.05, 0.1) is 0 Å². The van der Waals surface area contributed by atoms with Crippen LogP contribution < -0.4 is 0 Å². The van der Waals surface area contributed by atoms with E-state index in [2.05, 4.69) is 65.8 Å². The van der Waals surface area contributed by atoms with Crippen molar-refractivity contribution >= 4 is 0 Å². The van der Waals surface area contributed by atoms with Crippen LogP contribution in [0, 0.1) is 13.8 Å². The van der Waals surface area contributed by atoms with Crippen molar-refractivity contribution in [1.82, 2.24) is 0 Å². The molecule has 0 unspecified atom stereocenters. The summed E-state index contributed by atoms with van der Waals surface area (Å²) in [5.41, 5.74) is 6.85. The van der Waals surface area contributed by atoms with E-state index in [9.17, 15) is 10.2 Å². The van der Waals surface area contributed by atoms with E-state index < -0.39 is 0 Å². The molecule has 2 N–H and O–H groups in total. The fourth-order valence-electron chi connectivity index (χ4n) is 4.42. The first kappa shape index (κ1) is 26.3. The van der Waals surface area contributed by atoms with Crippen LogP contribution in [0.2, 0.25) is 0 Å². The maximum atomic E-state index is 10.5. The molecule has 0 aliphatic heterocycles. The zero-order chi connectivity index (χ0) is 24.1. The first-order valence-corrected chi connectivity index (χ1v) is 12.6. The summed E-state index contributed by atoms with van der Waals surface area (Å²) < 4.78 is 0. The number of unbranched alkanes of at least 4 members (excludes halogenated alkanes) is 3. The third-order valence-corrected chi connectivity index (χ3v) is 7.63. The van der Waals surface area contributed by atoms with Crippen LogP contribution in [-0.2, 0) is 23.7 Å². The van der Waals surface area contributed by atoms with Crippen LogP contribution >= 0.6 is 0 Å². The molecule has 0 bridgehead atoms. The molecule has 0 atom stereocenters. The quantitative estimate of drug-likeness (QED) is 0.346. The fraction of sp³-hybridized carbons (Fsp3) is 0.600. The van der Waals surface area contributed by atoms with Gasteiger partial charge in [-0.1, -0.05) is 78.6 Å². The second-order valence-corrected chi connectivity index (χ2v) is 11.0. The van der Waals surface area contributed by atoms with Gasteiger partial charge in [-0.05, 0) is 85.5 Å². The average Bonchev–Trinajstić information content (AvgIpc) is 2.74. The van der Waals surface area contributed by atoms with Crippen LogP contribution in [-0.4, -0.2) is 10.2 Å². The van der Waals surface area contributed by atoms with Gasteiger partial charge in [0.15, 0.2) is 0 Å². The van der Waals surface area contributed by atoms with Crippen LogP contribution in [0.1, 0.15) is 113 Å². The summed E-state index contributed by atoms with van der Waals surface area (Å²) >= 11 is 0. The molecule has 178 valence electrons. The minimum atomic E-state index is -0.00169. The van der Waals surface area contributed by atoms with Crippen molar-refractivity contribution in [1.29, 1.82) is 0 Å². The number of hydrogen-bond donors (Lipinski definition) is 2. The van der Waals surface area contributed by atoms with Gasteiger partial charge in [-0.15, -0.1) is 0 Å². The normalized spacial score (nSPS) is 12.4. The second-order valence-electron chi connectivity index (χ2n) is 11.0. The molecular weight excluding hydrogens is 392 g/mol.